The molecule has 0 bridgehead atoms. The fraction of sp³-hybridized carbons (Fsp3) is 1.00. The van der Waals surface area contributed by atoms with Crippen LogP contribution in [0.3, 0.4) is 0 Å². The summed E-state index contributed by atoms with van der Waals surface area (Å²) in [6.07, 6.45) is 3.57. The third-order valence-corrected chi connectivity index (χ3v) is 2.76. The second-order valence-electron chi connectivity index (χ2n) is 3.58. The van der Waals surface area contributed by atoms with Crippen molar-refractivity contribution in [2.75, 3.05) is 25.9 Å². The Labute approximate surface area is 76.4 Å². The smallest absolute Gasteiger partial charge is 0.152 e. The van der Waals surface area contributed by atoms with Crippen molar-refractivity contribution in [2.24, 2.45) is 5.92 Å². The second-order valence-corrected chi connectivity index (χ2v) is 4.64. The van der Waals surface area contributed by atoms with E-state index in [2.05, 4.69) is 11.9 Å². The lowest BCUT2D eigenvalue weighted by Gasteiger charge is -2.14. The molecular weight excluding hydrogens is 174 g/mol. The minimum Gasteiger partial charge on any atom is -0.306 e. The molecule has 0 aromatic rings. The molecule has 1 fully saturated rings. The Morgan fingerprint density at radius 2 is 2.25 bits per heavy atom. The molecule has 0 saturated heterocycles. The van der Waals surface area contributed by atoms with Gasteiger partial charge in [-0.1, -0.05) is 0 Å². The van der Waals surface area contributed by atoms with Crippen LogP contribution in [0.2, 0.25) is 0 Å². The molecule has 0 aromatic heterocycles. The predicted molar refractivity (Wildman–Crippen MR) is 50.5 cm³/mol. The second kappa shape index (κ2) is 4.94. The van der Waals surface area contributed by atoms with Crippen LogP contribution in [0.25, 0.3) is 0 Å². The van der Waals surface area contributed by atoms with Crippen molar-refractivity contribution in [3.05, 3.63) is 0 Å². The van der Waals surface area contributed by atoms with Crippen LogP contribution in [0.15, 0.2) is 0 Å². The molecule has 0 amide bonds. The fourth-order valence-corrected chi connectivity index (χ4v) is 1.67. The summed E-state index contributed by atoms with van der Waals surface area (Å²) in [6, 6.07) is 0. The SMILES string of the molecule is CN(CCCS(=O)O)CC1CC1. The van der Waals surface area contributed by atoms with Crippen molar-refractivity contribution in [2.45, 2.75) is 19.3 Å². The van der Waals surface area contributed by atoms with E-state index in [1.165, 1.54) is 12.8 Å². The van der Waals surface area contributed by atoms with Crippen LogP contribution in [0.5, 0.6) is 0 Å². The first-order valence-electron chi connectivity index (χ1n) is 4.44. The lowest BCUT2D eigenvalue weighted by Crippen LogP contribution is -2.23. The summed E-state index contributed by atoms with van der Waals surface area (Å²) < 4.78 is 18.8. The van der Waals surface area contributed by atoms with E-state index in [1.807, 2.05) is 0 Å². The van der Waals surface area contributed by atoms with Gasteiger partial charge in [0, 0.05) is 6.54 Å². The molecule has 4 heteroatoms. The van der Waals surface area contributed by atoms with Gasteiger partial charge in [-0.05, 0) is 38.8 Å². The highest BCUT2D eigenvalue weighted by Crippen LogP contribution is 2.29. The molecule has 0 aromatic carbocycles. The zero-order valence-electron chi connectivity index (χ0n) is 7.53. The van der Waals surface area contributed by atoms with Crippen molar-refractivity contribution in [3.63, 3.8) is 0 Å². The summed E-state index contributed by atoms with van der Waals surface area (Å²) >= 11 is -1.61. The van der Waals surface area contributed by atoms with E-state index >= 15 is 0 Å². The van der Waals surface area contributed by atoms with Gasteiger partial charge in [0.2, 0.25) is 0 Å². The summed E-state index contributed by atoms with van der Waals surface area (Å²) in [4.78, 5) is 2.25. The van der Waals surface area contributed by atoms with Crippen LogP contribution in [-0.4, -0.2) is 39.6 Å². The van der Waals surface area contributed by atoms with Crippen molar-refractivity contribution in [1.29, 1.82) is 0 Å². The molecule has 1 aliphatic carbocycles. The Bertz CT molecular complexity index is 159. The minimum atomic E-state index is -1.61. The molecule has 12 heavy (non-hydrogen) atoms. The van der Waals surface area contributed by atoms with Crippen molar-refractivity contribution in [3.8, 4) is 0 Å². The van der Waals surface area contributed by atoms with E-state index in [1.54, 1.807) is 0 Å². The first-order chi connectivity index (χ1) is 5.68. The zero-order chi connectivity index (χ0) is 8.97. The van der Waals surface area contributed by atoms with Crippen LogP contribution >= 0.6 is 0 Å². The number of nitrogens with zero attached hydrogens (tertiary/aromatic N) is 1. The van der Waals surface area contributed by atoms with Crippen LogP contribution in [0.4, 0.5) is 0 Å². The van der Waals surface area contributed by atoms with Gasteiger partial charge in [0.15, 0.2) is 11.1 Å². The van der Waals surface area contributed by atoms with Crippen molar-refractivity contribution in [1.82, 2.24) is 4.90 Å². The van der Waals surface area contributed by atoms with Crippen LogP contribution < -0.4 is 0 Å². The molecule has 1 rings (SSSR count). The molecule has 0 spiro atoms. The molecule has 3 nitrogen and oxygen atoms in total. The maximum absolute atomic E-state index is 10.3. The van der Waals surface area contributed by atoms with Gasteiger partial charge >= 0.3 is 0 Å². The van der Waals surface area contributed by atoms with Gasteiger partial charge in [0.1, 0.15) is 0 Å². The van der Waals surface area contributed by atoms with E-state index in [0.29, 0.717) is 5.75 Å². The van der Waals surface area contributed by atoms with E-state index < -0.39 is 11.1 Å². The molecule has 1 atom stereocenters. The topological polar surface area (TPSA) is 40.5 Å². The number of rotatable bonds is 6. The van der Waals surface area contributed by atoms with Gasteiger partial charge in [-0.2, -0.15) is 0 Å². The fourth-order valence-electron chi connectivity index (χ4n) is 1.29. The molecule has 0 radical (unpaired) electrons. The van der Waals surface area contributed by atoms with Gasteiger partial charge in [-0.15, -0.1) is 0 Å². The molecule has 72 valence electrons. The Balaban J connectivity index is 1.93. The highest BCUT2D eigenvalue weighted by Gasteiger charge is 2.22. The Hall–Kier alpha value is 0.0700. The highest BCUT2D eigenvalue weighted by atomic mass is 32.2. The first kappa shape index (κ1) is 10.2. The molecule has 0 heterocycles. The maximum Gasteiger partial charge on any atom is 0.152 e. The average Bonchev–Trinajstić information content (AvgIpc) is 2.70. The quantitative estimate of drug-likeness (QED) is 0.635. The lowest BCUT2D eigenvalue weighted by molar-refractivity contribution is 0.321. The number of hydrogen-bond acceptors (Lipinski definition) is 2. The Morgan fingerprint density at radius 3 is 2.75 bits per heavy atom. The molecule has 1 aliphatic rings. The average molecular weight is 191 g/mol. The monoisotopic (exact) mass is 191 g/mol. The third-order valence-electron chi connectivity index (χ3n) is 2.13. The largest absolute Gasteiger partial charge is 0.306 e. The van der Waals surface area contributed by atoms with E-state index in [0.717, 1.165) is 25.4 Å². The standard InChI is InChI=1S/C8H17NO2S/c1-9(7-8-3-4-8)5-2-6-12(10)11/h8H,2-7H2,1H3,(H,10,11). The lowest BCUT2D eigenvalue weighted by atomic mass is 10.3. The third kappa shape index (κ3) is 4.85. The molecule has 1 N–H and O–H groups in total. The van der Waals surface area contributed by atoms with Gasteiger partial charge in [-0.25, -0.2) is 4.21 Å². The van der Waals surface area contributed by atoms with Crippen molar-refractivity contribution >= 4 is 11.1 Å². The van der Waals surface area contributed by atoms with Gasteiger partial charge < -0.3 is 9.45 Å². The Kier molecular flexibility index (Phi) is 4.18. The predicted octanol–water partition coefficient (Wildman–Crippen LogP) is 0.940. The van der Waals surface area contributed by atoms with E-state index in [-0.39, 0.29) is 0 Å². The minimum absolute atomic E-state index is 0.412. The Morgan fingerprint density at radius 1 is 1.58 bits per heavy atom. The zero-order valence-corrected chi connectivity index (χ0v) is 8.35. The van der Waals surface area contributed by atoms with Crippen LogP contribution in [0.1, 0.15) is 19.3 Å². The normalized spacial score (nSPS) is 19.9. The molecular formula is C8H17NO2S. The summed E-state index contributed by atoms with van der Waals surface area (Å²) in [6.45, 7) is 2.11. The molecule has 1 saturated carbocycles. The van der Waals surface area contributed by atoms with Gasteiger partial charge in [-0.3, -0.25) is 0 Å². The van der Waals surface area contributed by atoms with Crippen LogP contribution in [0, 0.1) is 5.92 Å². The summed E-state index contributed by atoms with van der Waals surface area (Å²) in [5.74, 6) is 1.32. The molecule has 1 unspecified atom stereocenters. The van der Waals surface area contributed by atoms with Gasteiger partial charge in [0.25, 0.3) is 0 Å². The van der Waals surface area contributed by atoms with Gasteiger partial charge in [0.05, 0.1) is 5.75 Å². The molecule has 0 aliphatic heterocycles. The van der Waals surface area contributed by atoms with Crippen molar-refractivity contribution < 1.29 is 8.76 Å². The summed E-state index contributed by atoms with van der Waals surface area (Å²) in [5.41, 5.74) is 0. The summed E-state index contributed by atoms with van der Waals surface area (Å²) in [7, 11) is 2.08. The maximum atomic E-state index is 10.3. The van der Waals surface area contributed by atoms with Crippen LogP contribution in [-0.2, 0) is 11.1 Å². The summed E-state index contributed by atoms with van der Waals surface area (Å²) in [5, 5.41) is 0. The van der Waals surface area contributed by atoms with E-state index in [4.69, 9.17) is 4.55 Å². The first-order valence-corrected chi connectivity index (χ1v) is 5.72. The highest BCUT2D eigenvalue weighted by molar-refractivity contribution is 7.79. The van der Waals surface area contributed by atoms with E-state index in [9.17, 15) is 4.21 Å². The number of hydrogen-bond donors (Lipinski definition) is 1.